The van der Waals surface area contributed by atoms with E-state index in [2.05, 4.69) is 72.8 Å². The number of ether oxygens (including phenoxy) is 1. The number of benzene rings is 3. The van der Waals surface area contributed by atoms with Crippen molar-refractivity contribution in [1.82, 2.24) is 0 Å². The summed E-state index contributed by atoms with van der Waals surface area (Å²) in [7, 11) is 0. The smallest absolute Gasteiger partial charge is 0.305 e. The van der Waals surface area contributed by atoms with Gasteiger partial charge < -0.3 is 4.74 Å². The lowest BCUT2D eigenvalue weighted by Crippen LogP contribution is -2.29. The van der Waals surface area contributed by atoms with Gasteiger partial charge in [-0.05, 0) is 36.5 Å². The third-order valence-electron chi connectivity index (χ3n) is 5.04. The molecule has 2 nitrogen and oxygen atoms in total. The van der Waals surface area contributed by atoms with Gasteiger partial charge in [0.25, 0.3) is 0 Å². The average molecular weight is 358 g/mol. The summed E-state index contributed by atoms with van der Waals surface area (Å²) in [6.45, 7) is 2.28. The molecule has 0 saturated carbocycles. The van der Waals surface area contributed by atoms with Crippen molar-refractivity contribution in [3.8, 4) is 0 Å². The summed E-state index contributed by atoms with van der Waals surface area (Å²) in [5.74, 6) is -0.124. The Morgan fingerprint density at radius 3 is 1.52 bits per heavy atom. The molecule has 0 heterocycles. The normalized spacial score (nSPS) is 11.1. The quantitative estimate of drug-likeness (QED) is 0.378. The van der Waals surface area contributed by atoms with Crippen LogP contribution in [0.2, 0.25) is 0 Å². The highest BCUT2D eigenvalue weighted by atomic mass is 16.5. The lowest BCUT2D eigenvalue weighted by Gasteiger charge is -2.36. The van der Waals surface area contributed by atoms with Gasteiger partial charge in [-0.25, -0.2) is 0 Å². The molecule has 0 aromatic heterocycles. The van der Waals surface area contributed by atoms with Crippen molar-refractivity contribution in [1.29, 1.82) is 0 Å². The van der Waals surface area contributed by atoms with Crippen LogP contribution in [0.4, 0.5) is 0 Å². The van der Waals surface area contributed by atoms with Crippen molar-refractivity contribution in [3.05, 3.63) is 108 Å². The van der Waals surface area contributed by atoms with Crippen LogP contribution in [0.3, 0.4) is 0 Å². The Hall–Kier alpha value is -2.87. The van der Waals surface area contributed by atoms with Gasteiger partial charge in [0.05, 0.1) is 6.61 Å². The third kappa shape index (κ3) is 4.28. The average Bonchev–Trinajstić information content (AvgIpc) is 2.73. The molecule has 0 radical (unpaired) electrons. The minimum atomic E-state index is -0.295. The first-order chi connectivity index (χ1) is 13.3. The molecule has 0 aliphatic carbocycles. The summed E-state index contributed by atoms with van der Waals surface area (Å²) in [5, 5.41) is 0. The first-order valence-corrected chi connectivity index (χ1v) is 9.59. The van der Waals surface area contributed by atoms with Gasteiger partial charge in [0, 0.05) is 11.8 Å². The van der Waals surface area contributed by atoms with Crippen molar-refractivity contribution < 1.29 is 9.53 Å². The topological polar surface area (TPSA) is 26.3 Å². The van der Waals surface area contributed by atoms with E-state index in [0.717, 1.165) is 12.8 Å². The van der Waals surface area contributed by atoms with Crippen LogP contribution >= 0.6 is 0 Å². The second-order valence-corrected chi connectivity index (χ2v) is 6.66. The van der Waals surface area contributed by atoms with Gasteiger partial charge in [-0.15, -0.1) is 0 Å². The van der Waals surface area contributed by atoms with E-state index < -0.39 is 0 Å². The first-order valence-electron chi connectivity index (χ1n) is 9.59. The van der Waals surface area contributed by atoms with Crippen LogP contribution in [0.15, 0.2) is 91.0 Å². The summed E-state index contributed by atoms with van der Waals surface area (Å²) in [6.07, 6.45) is 2.03. The molecular formula is C25H26O2. The zero-order valence-electron chi connectivity index (χ0n) is 15.8. The largest absolute Gasteiger partial charge is 0.466 e. The predicted molar refractivity (Wildman–Crippen MR) is 110 cm³/mol. The highest BCUT2D eigenvalue weighted by Crippen LogP contribution is 2.43. The van der Waals surface area contributed by atoms with Crippen LogP contribution in [0.25, 0.3) is 0 Å². The highest BCUT2D eigenvalue weighted by Gasteiger charge is 2.35. The van der Waals surface area contributed by atoms with E-state index in [9.17, 15) is 4.79 Å². The van der Waals surface area contributed by atoms with Gasteiger partial charge in [-0.2, -0.15) is 0 Å². The van der Waals surface area contributed by atoms with Crippen molar-refractivity contribution in [2.75, 3.05) is 6.61 Å². The van der Waals surface area contributed by atoms with Gasteiger partial charge in [0.1, 0.15) is 0 Å². The number of hydrogen-bond donors (Lipinski definition) is 0. The molecule has 27 heavy (non-hydrogen) atoms. The monoisotopic (exact) mass is 358 g/mol. The lowest BCUT2D eigenvalue weighted by atomic mass is 9.66. The van der Waals surface area contributed by atoms with Crippen LogP contribution in [0, 0.1) is 0 Å². The zero-order chi connectivity index (χ0) is 19.0. The molecule has 0 bridgehead atoms. The Morgan fingerprint density at radius 2 is 1.15 bits per heavy atom. The Morgan fingerprint density at radius 1 is 0.741 bits per heavy atom. The number of esters is 1. The summed E-state index contributed by atoms with van der Waals surface area (Å²) in [5.41, 5.74) is 3.43. The minimum absolute atomic E-state index is 0.124. The molecule has 0 aliphatic rings. The van der Waals surface area contributed by atoms with E-state index in [4.69, 9.17) is 4.74 Å². The van der Waals surface area contributed by atoms with Crippen LogP contribution in [-0.2, 0) is 14.9 Å². The second kappa shape index (κ2) is 9.18. The molecule has 138 valence electrons. The number of carbonyl (C=O) groups excluding carboxylic acids is 1. The van der Waals surface area contributed by atoms with E-state index in [0.29, 0.717) is 13.0 Å². The molecule has 3 rings (SSSR count). The van der Waals surface area contributed by atoms with Gasteiger partial charge in [0.15, 0.2) is 0 Å². The van der Waals surface area contributed by atoms with E-state index in [1.807, 2.05) is 25.1 Å². The fourth-order valence-corrected chi connectivity index (χ4v) is 3.83. The van der Waals surface area contributed by atoms with E-state index in [1.54, 1.807) is 0 Å². The third-order valence-corrected chi connectivity index (χ3v) is 5.04. The molecule has 2 heteroatoms. The maximum absolute atomic E-state index is 11.9. The Bertz CT molecular complexity index is 729. The summed E-state index contributed by atoms with van der Waals surface area (Å²) in [4.78, 5) is 11.9. The van der Waals surface area contributed by atoms with Crippen molar-refractivity contribution in [3.63, 3.8) is 0 Å². The molecule has 0 N–H and O–H groups in total. The van der Waals surface area contributed by atoms with Crippen molar-refractivity contribution in [2.24, 2.45) is 0 Å². The van der Waals surface area contributed by atoms with Gasteiger partial charge in [0.2, 0.25) is 0 Å². The summed E-state index contributed by atoms with van der Waals surface area (Å²) < 4.78 is 5.13. The fraction of sp³-hybridized carbons (Fsp3) is 0.240. The second-order valence-electron chi connectivity index (χ2n) is 6.66. The number of rotatable bonds is 8. The Labute approximate surface area is 161 Å². The Kier molecular flexibility index (Phi) is 6.43. The van der Waals surface area contributed by atoms with Crippen LogP contribution in [-0.4, -0.2) is 12.6 Å². The number of hydrogen-bond acceptors (Lipinski definition) is 2. The first kappa shape index (κ1) is 18.9. The van der Waals surface area contributed by atoms with Crippen LogP contribution in [0.5, 0.6) is 0 Å². The summed E-state index contributed by atoms with van der Waals surface area (Å²) in [6, 6.07) is 31.8. The standard InChI is InChI=1S/C25H26O2/c1-2-27-24(26)19-12-20-25(21-13-6-3-7-14-21,22-15-8-4-9-16-22)23-17-10-5-11-18-23/h3-11,13-18H,2,12,19-20H2,1H3. The molecule has 3 aromatic carbocycles. The fourth-order valence-electron chi connectivity index (χ4n) is 3.83. The van der Waals surface area contributed by atoms with Gasteiger partial charge in [-0.1, -0.05) is 91.0 Å². The van der Waals surface area contributed by atoms with Crippen molar-refractivity contribution in [2.45, 2.75) is 31.6 Å². The maximum Gasteiger partial charge on any atom is 0.305 e. The molecule has 3 aromatic rings. The highest BCUT2D eigenvalue weighted by molar-refractivity contribution is 5.69. The lowest BCUT2D eigenvalue weighted by molar-refractivity contribution is -0.143. The van der Waals surface area contributed by atoms with Crippen LogP contribution < -0.4 is 0 Å². The van der Waals surface area contributed by atoms with Crippen molar-refractivity contribution >= 4 is 5.97 Å². The van der Waals surface area contributed by atoms with Gasteiger partial charge in [-0.3, -0.25) is 4.79 Å². The minimum Gasteiger partial charge on any atom is -0.466 e. The molecule has 0 fully saturated rings. The molecular weight excluding hydrogens is 332 g/mol. The molecule has 0 saturated heterocycles. The molecule has 0 amide bonds. The van der Waals surface area contributed by atoms with E-state index in [1.165, 1.54) is 16.7 Å². The van der Waals surface area contributed by atoms with Gasteiger partial charge >= 0.3 is 5.97 Å². The maximum atomic E-state index is 11.9. The SMILES string of the molecule is CCOC(=O)CCCC(c1ccccc1)(c1ccccc1)c1ccccc1. The molecule has 0 aliphatic heterocycles. The summed E-state index contributed by atoms with van der Waals surface area (Å²) >= 11 is 0. The van der Waals surface area contributed by atoms with E-state index in [-0.39, 0.29) is 11.4 Å². The zero-order valence-corrected chi connectivity index (χ0v) is 15.8. The van der Waals surface area contributed by atoms with E-state index >= 15 is 0 Å². The molecule has 0 spiro atoms. The molecule has 0 atom stereocenters. The molecule has 0 unspecified atom stereocenters. The van der Waals surface area contributed by atoms with Crippen LogP contribution in [0.1, 0.15) is 42.9 Å². The number of carbonyl (C=O) groups is 1. The Balaban J connectivity index is 2.07. The predicted octanol–water partition coefficient (Wildman–Crippen LogP) is 5.75.